The van der Waals surface area contributed by atoms with Crippen molar-refractivity contribution < 1.29 is 22.7 Å². The normalized spacial score (nSPS) is 20.1. The van der Waals surface area contributed by atoms with E-state index in [9.17, 15) is 18.0 Å². The number of anilines is 2. The van der Waals surface area contributed by atoms with Crippen molar-refractivity contribution in [3.8, 4) is 6.01 Å². The van der Waals surface area contributed by atoms with Crippen LogP contribution in [0.2, 0.25) is 0 Å². The molecule has 0 radical (unpaired) electrons. The largest absolute Gasteiger partial charge is 0.463 e. The number of nitrogens with zero attached hydrogens (tertiary/aromatic N) is 6. The Balaban J connectivity index is 1.16. The van der Waals surface area contributed by atoms with Crippen LogP contribution in [0.25, 0.3) is 10.8 Å². The van der Waals surface area contributed by atoms with Crippen molar-refractivity contribution in [2.45, 2.75) is 32.0 Å². The number of ether oxygens (including phenoxy) is 1. The van der Waals surface area contributed by atoms with Gasteiger partial charge in [0.05, 0.1) is 18.8 Å². The summed E-state index contributed by atoms with van der Waals surface area (Å²) in [5.41, 5.74) is 2.82. The summed E-state index contributed by atoms with van der Waals surface area (Å²) < 4.78 is 47.4. The highest BCUT2D eigenvalue weighted by atomic mass is 19.1. The van der Waals surface area contributed by atoms with Crippen molar-refractivity contribution in [1.29, 1.82) is 0 Å². The quantitative estimate of drug-likeness (QED) is 0.362. The molecule has 4 aliphatic rings. The molecular formula is C32H35F3N6O2. The fourth-order valence-corrected chi connectivity index (χ4v) is 6.57. The van der Waals surface area contributed by atoms with Crippen molar-refractivity contribution in [2.24, 2.45) is 5.41 Å². The zero-order chi connectivity index (χ0) is 29.7. The molecule has 0 unspecified atom stereocenters. The third-order valence-electron chi connectivity index (χ3n) is 9.22. The predicted molar refractivity (Wildman–Crippen MR) is 158 cm³/mol. The Kier molecular flexibility index (Phi) is 7.15. The summed E-state index contributed by atoms with van der Waals surface area (Å²) in [6.07, 6.45) is 2.00. The summed E-state index contributed by atoms with van der Waals surface area (Å²) in [7, 11) is 0. The van der Waals surface area contributed by atoms with Gasteiger partial charge in [0.1, 0.15) is 17.8 Å². The number of carbonyl (C=O) groups excluding carboxylic acids is 1. The predicted octanol–water partition coefficient (Wildman–Crippen LogP) is 4.28. The fourth-order valence-electron chi connectivity index (χ4n) is 6.57. The Bertz CT molecular complexity index is 1570. The van der Waals surface area contributed by atoms with E-state index in [-0.39, 0.29) is 11.2 Å². The molecule has 0 N–H and O–H groups in total. The SMILES string of the molecule is C=C(F)C(=O)N1CCN(c2nc(OCC3(CN4CC(F)C4)CC3)nc3c2CCN(c2cccc4ccc(F)cc24)C3)CC1. The molecule has 11 heteroatoms. The smallest absolute Gasteiger partial charge is 0.318 e. The number of benzene rings is 2. The van der Waals surface area contributed by atoms with Gasteiger partial charge in [-0.15, -0.1) is 0 Å². The highest BCUT2D eigenvalue weighted by Crippen LogP contribution is 2.47. The first kappa shape index (κ1) is 27.9. The maximum absolute atomic E-state index is 14.2. The van der Waals surface area contributed by atoms with Gasteiger partial charge in [-0.05, 0) is 42.8 Å². The van der Waals surface area contributed by atoms with Gasteiger partial charge >= 0.3 is 6.01 Å². The second-order valence-corrected chi connectivity index (χ2v) is 12.3. The first-order chi connectivity index (χ1) is 20.8. The average molecular weight is 593 g/mol. The van der Waals surface area contributed by atoms with Crippen LogP contribution in [-0.2, 0) is 17.8 Å². The molecule has 43 heavy (non-hydrogen) atoms. The number of halogens is 3. The van der Waals surface area contributed by atoms with Crippen molar-refractivity contribution >= 4 is 28.2 Å². The van der Waals surface area contributed by atoms with E-state index < -0.39 is 17.9 Å². The summed E-state index contributed by atoms with van der Waals surface area (Å²) in [5.74, 6) is -1.12. The van der Waals surface area contributed by atoms with Gasteiger partial charge in [0.25, 0.3) is 5.91 Å². The maximum Gasteiger partial charge on any atom is 0.318 e. The number of fused-ring (bicyclic) bond motifs is 2. The minimum atomic E-state index is -0.953. The minimum Gasteiger partial charge on any atom is -0.463 e. The van der Waals surface area contributed by atoms with Crippen LogP contribution in [0, 0.1) is 11.2 Å². The number of carbonyl (C=O) groups is 1. The summed E-state index contributed by atoms with van der Waals surface area (Å²) in [6.45, 7) is 8.33. The molecule has 0 spiro atoms. The number of amides is 1. The second kappa shape index (κ2) is 11.0. The lowest BCUT2D eigenvalue weighted by molar-refractivity contribution is -0.128. The van der Waals surface area contributed by atoms with E-state index in [2.05, 4.69) is 21.3 Å². The molecule has 0 atom stereocenters. The van der Waals surface area contributed by atoms with E-state index in [0.717, 1.165) is 52.9 Å². The molecule has 3 aromatic rings. The van der Waals surface area contributed by atoms with E-state index in [1.165, 1.54) is 11.0 Å². The maximum atomic E-state index is 14.2. The van der Waals surface area contributed by atoms with Crippen LogP contribution >= 0.6 is 0 Å². The molecule has 2 aromatic carbocycles. The van der Waals surface area contributed by atoms with Gasteiger partial charge in [0.2, 0.25) is 0 Å². The Morgan fingerprint density at radius 1 is 1.05 bits per heavy atom. The summed E-state index contributed by atoms with van der Waals surface area (Å²) in [5, 5.41) is 1.82. The molecule has 3 aliphatic heterocycles. The number of likely N-dealkylation sites (tertiary alicyclic amines) is 1. The second-order valence-electron chi connectivity index (χ2n) is 12.3. The van der Waals surface area contributed by atoms with E-state index in [1.807, 2.05) is 18.2 Å². The number of rotatable bonds is 8. The number of aromatic nitrogens is 2. The van der Waals surface area contributed by atoms with Crippen LogP contribution in [0.1, 0.15) is 24.1 Å². The third-order valence-corrected chi connectivity index (χ3v) is 9.22. The Morgan fingerprint density at radius 3 is 2.56 bits per heavy atom. The molecular weight excluding hydrogens is 557 g/mol. The van der Waals surface area contributed by atoms with Crippen LogP contribution in [-0.4, -0.2) is 90.8 Å². The van der Waals surface area contributed by atoms with E-state index in [4.69, 9.17) is 14.7 Å². The Labute approximate surface area is 248 Å². The van der Waals surface area contributed by atoms with E-state index in [0.29, 0.717) is 71.4 Å². The van der Waals surface area contributed by atoms with Gasteiger partial charge in [0, 0.05) is 74.4 Å². The highest BCUT2D eigenvalue weighted by molar-refractivity contribution is 5.94. The topological polar surface area (TPSA) is 65.0 Å². The van der Waals surface area contributed by atoms with Crippen LogP contribution in [0.15, 0.2) is 48.8 Å². The van der Waals surface area contributed by atoms with Crippen LogP contribution < -0.4 is 14.5 Å². The van der Waals surface area contributed by atoms with Gasteiger partial charge < -0.3 is 19.4 Å². The van der Waals surface area contributed by atoms with Crippen LogP contribution in [0.5, 0.6) is 6.01 Å². The first-order valence-electron chi connectivity index (χ1n) is 15.0. The van der Waals surface area contributed by atoms with Crippen molar-refractivity contribution in [2.75, 3.05) is 68.8 Å². The molecule has 8 nitrogen and oxygen atoms in total. The lowest BCUT2D eigenvalue weighted by atomic mass is 10.0. The zero-order valence-electron chi connectivity index (χ0n) is 24.1. The first-order valence-corrected chi connectivity index (χ1v) is 15.0. The number of alkyl halides is 1. The van der Waals surface area contributed by atoms with Gasteiger partial charge in [-0.2, -0.15) is 9.97 Å². The van der Waals surface area contributed by atoms with E-state index >= 15 is 0 Å². The molecule has 7 rings (SSSR count). The molecule has 1 aliphatic carbocycles. The summed E-state index contributed by atoms with van der Waals surface area (Å²) in [4.78, 5) is 29.9. The molecule has 1 amide bonds. The lowest BCUT2D eigenvalue weighted by Gasteiger charge is -2.38. The molecule has 2 saturated heterocycles. The van der Waals surface area contributed by atoms with Gasteiger partial charge in [-0.1, -0.05) is 24.8 Å². The molecule has 0 bridgehead atoms. The van der Waals surface area contributed by atoms with Crippen LogP contribution in [0.4, 0.5) is 24.7 Å². The lowest BCUT2D eigenvalue weighted by Crippen LogP contribution is -2.51. The Morgan fingerprint density at radius 2 is 1.84 bits per heavy atom. The monoisotopic (exact) mass is 592 g/mol. The van der Waals surface area contributed by atoms with Gasteiger partial charge in [-0.3, -0.25) is 9.69 Å². The van der Waals surface area contributed by atoms with Crippen molar-refractivity contribution in [3.05, 3.63) is 65.9 Å². The zero-order valence-corrected chi connectivity index (χ0v) is 24.1. The molecule has 226 valence electrons. The molecule has 3 fully saturated rings. The summed E-state index contributed by atoms with van der Waals surface area (Å²) in [6, 6.07) is 11.1. The minimum absolute atomic E-state index is 0.000618. The third kappa shape index (κ3) is 5.62. The average Bonchev–Trinajstić information content (AvgIpc) is 3.77. The van der Waals surface area contributed by atoms with E-state index in [1.54, 1.807) is 12.1 Å². The summed E-state index contributed by atoms with van der Waals surface area (Å²) >= 11 is 0. The Hall–Kier alpha value is -3.86. The molecule has 4 heterocycles. The number of piperazine rings is 1. The van der Waals surface area contributed by atoms with Crippen molar-refractivity contribution in [1.82, 2.24) is 19.8 Å². The number of hydrogen-bond donors (Lipinski definition) is 0. The standard InChI is InChI=1S/C32H35F3N6O2/c1-21(33)30(42)40-13-11-39(12-14-40)29-25-7-10-41(28-4-2-3-22-5-6-23(34)15-26(22)28)18-27(25)36-31(37-29)43-20-32(8-9-32)19-38-16-24(35)17-38/h2-6,15,24H,1,7-14,16-20H2. The molecule has 1 saturated carbocycles. The van der Waals surface area contributed by atoms with Gasteiger partial charge in [0.15, 0.2) is 5.83 Å². The fraction of sp³-hybridized carbons (Fsp3) is 0.469. The van der Waals surface area contributed by atoms with Gasteiger partial charge in [-0.25, -0.2) is 13.2 Å². The van der Waals surface area contributed by atoms with Crippen molar-refractivity contribution in [3.63, 3.8) is 0 Å². The highest BCUT2D eigenvalue weighted by Gasteiger charge is 2.47. The van der Waals surface area contributed by atoms with Crippen LogP contribution in [0.3, 0.4) is 0 Å². The number of hydrogen-bond acceptors (Lipinski definition) is 7. The molecule has 1 aromatic heterocycles.